The highest BCUT2D eigenvalue weighted by atomic mass is 19.4. The lowest BCUT2D eigenvalue weighted by atomic mass is 10.1. The Morgan fingerprint density at radius 3 is 2.64 bits per heavy atom. The molecule has 1 unspecified atom stereocenters. The molecule has 1 aliphatic rings. The van der Waals surface area contributed by atoms with Gasteiger partial charge in [-0.25, -0.2) is 0 Å². The smallest absolute Gasteiger partial charge is 0.396 e. The zero-order chi connectivity index (χ0) is 16.3. The Morgan fingerprint density at radius 1 is 1.41 bits per heavy atom. The molecule has 0 saturated heterocycles. The number of hydrogen-bond acceptors (Lipinski definition) is 3. The summed E-state index contributed by atoms with van der Waals surface area (Å²) in [6.07, 6.45) is -1.63. The number of hydrogen-bond donors (Lipinski definition) is 2. The number of carbonyl (C=O) groups is 1. The maximum atomic E-state index is 12.6. The first-order valence-corrected chi connectivity index (χ1v) is 6.99. The fourth-order valence-corrected chi connectivity index (χ4v) is 2.29. The van der Waals surface area contributed by atoms with Gasteiger partial charge in [0.15, 0.2) is 0 Å². The number of nitrogens with one attached hydrogen (secondary N) is 1. The van der Waals surface area contributed by atoms with Gasteiger partial charge >= 0.3 is 6.18 Å². The van der Waals surface area contributed by atoms with Gasteiger partial charge in [0.25, 0.3) is 5.56 Å². The Bertz CT molecular complexity index is 594. The molecule has 122 valence electrons. The van der Waals surface area contributed by atoms with E-state index < -0.39 is 29.8 Å². The van der Waals surface area contributed by atoms with Crippen LogP contribution >= 0.6 is 0 Å². The zero-order valence-electron chi connectivity index (χ0n) is 11.8. The number of nitrogens with zero attached hydrogens (tertiary/aromatic N) is 1. The van der Waals surface area contributed by atoms with E-state index in [0.29, 0.717) is 24.6 Å². The van der Waals surface area contributed by atoms with Crippen molar-refractivity contribution < 1.29 is 23.1 Å². The summed E-state index contributed by atoms with van der Waals surface area (Å²) >= 11 is 0. The Hall–Kier alpha value is -1.83. The lowest BCUT2D eigenvalue weighted by molar-refractivity contribution is -0.138. The van der Waals surface area contributed by atoms with E-state index in [9.17, 15) is 22.8 Å². The molecular formula is C14H17F3N2O3. The van der Waals surface area contributed by atoms with Crippen LogP contribution in [0.3, 0.4) is 0 Å². The molecule has 5 nitrogen and oxygen atoms in total. The molecular weight excluding hydrogens is 301 g/mol. The van der Waals surface area contributed by atoms with Crippen LogP contribution in [0.1, 0.15) is 24.8 Å². The molecule has 2 N–H and O–H groups in total. The minimum absolute atomic E-state index is 0.0784. The predicted octanol–water partition coefficient (Wildman–Crippen LogP) is 1.14. The second kappa shape index (κ2) is 6.51. The van der Waals surface area contributed by atoms with Crippen molar-refractivity contribution in [1.82, 2.24) is 9.88 Å². The lowest BCUT2D eigenvalue weighted by Crippen LogP contribution is -2.40. The van der Waals surface area contributed by atoms with E-state index in [1.165, 1.54) is 0 Å². The van der Waals surface area contributed by atoms with Gasteiger partial charge in [0, 0.05) is 24.9 Å². The summed E-state index contributed by atoms with van der Waals surface area (Å²) in [4.78, 5) is 23.5. The van der Waals surface area contributed by atoms with E-state index in [4.69, 9.17) is 5.11 Å². The van der Waals surface area contributed by atoms with Gasteiger partial charge < -0.3 is 15.0 Å². The van der Waals surface area contributed by atoms with Crippen molar-refractivity contribution in [1.29, 1.82) is 0 Å². The molecule has 1 saturated carbocycles. The fourth-order valence-electron chi connectivity index (χ4n) is 2.29. The quantitative estimate of drug-likeness (QED) is 0.826. The van der Waals surface area contributed by atoms with Crippen molar-refractivity contribution in [2.24, 2.45) is 5.92 Å². The Labute approximate surface area is 124 Å². The van der Waals surface area contributed by atoms with Crippen LogP contribution in [0.25, 0.3) is 0 Å². The Morgan fingerprint density at radius 2 is 2.09 bits per heavy atom. The lowest BCUT2D eigenvalue weighted by Gasteiger charge is -2.18. The predicted molar refractivity (Wildman–Crippen MR) is 72.1 cm³/mol. The molecule has 0 radical (unpaired) electrons. The summed E-state index contributed by atoms with van der Waals surface area (Å²) in [6, 6.07) is 1.29. The molecule has 2 rings (SSSR count). The number of aromatic nitrogens is 1. The number of rotatable bonds is 6. The standard InChI is InChI=1S/C14H17F3N2O3/c15-14(16,17)10-3-4-13(22)19(7-10)8-12(21)18-11(5-6-20)9-1-2-9/h3-4,7,9,11,20H,1-2,5-6,8H2,(H,18,21). The summed E-state index contributed by atoms with van der Waals surface area (Å²) in [7, 11) is 0. The SMILES string of the molecule is O=C(Cn1cc(C(F)(F)F)ccc1=O)NC(CCO)C1CC1. The monoisotopic (exact) mass is 318 g/mol. The molecule has 1 atom stereocenters. The van der Waals surface area contributed by atoms with Crippen molar-refractivity contribution >= 4 is 5.91 Å². The molecule has 0 aliphatic heterocycles. The van der Waals surface area contributed by atoms with Crippen molar-refractivity contribution in [2.45, 2.75) is 38.0 Å². The first kappa shape index (κ1) is 16.5. The van der Waals surface area contributed by atoms with E-state index in [0.717, 1.165) is 23.5 Å². The van der Waals surface area contributed by atoms with Crippen molar-refractivity contribution in [3.63, 3.8) is 0 Å². The summed E-state index contributed by atoms with van der Waals surface area (Å²) in [6.45, 7) is -0.553. The summed E-state index contributed by atoms with van der Waals surface area (Å²) < 4.78 is 38.6. The van der Waals surface area contributed by atoms with E-state index in [-0.39, 0.29) is 12.6 Å². The van der Waals surface area contributed by atoms with Crippen LogP contribution in [0.5, 0.6) is 0 Å². The summed E-state index contributed by atoms with van der Waals surface area (Å²) in [5.74, 6) is -0.235. The number of halogens is 3. The average Bonchev–Trinajstić information content (AvgIpc) is 3.24. The number of aliphatic hydroxyl groups excluding tert-OH is 1. The molecule has 1 aromatic heterocycles. The summed E-state index contributed by atoms with van der Waals surface area (Å²) in [5.41, 5.74) is -1.65. The van der Waals surface area contributed by atoms with Gasteiger partial charge in [-0.3, -0.25) is 9.59 Å². The normalized spacial score (nSPS) is 16.4. The van der Waals surface area contributed by atoms with Gasteiger partial charge in [0.1, 0.15) is 6.54 Å². The van der Waals surface area contributed by atoms with E-state index >= 15 is 0 Å². The first-order valence-electron chi connectivity index (χ1n) is 6.99. The first-order chi connectivity index (χ1) is 10.3. The molecule has 1 aliphatic carbocycles. The Kier molecular flexibility index (Phi) is 4.90. The molecule has 1 fully saturated rings. The van der Waals surface area contributed by atoms with Crippen LogP contribution in [0.15, 0.2) is 23.1 Å². The van der Waals surface area contributed by atoms with Crippen molar-refractivity contribution in [3.05, 3.63) is 34.2 Å². The van der Waals surface area contributed by atoms with Gasteiger partial charge in [0.05, 0.1) is 5.56 Å². The number of carbonyl (C=O) groups excluding carboxylic acids is 1. The fraction of sp³-hybridized carbons (Fsp3) is 0.571. The number of alkyl halides is 3. The van der Waals surface area contributed by atoms with E-state index in [1.54, 1.807) is 0 Å². The maximum absolute atomic E-state index is 12.6. The van der Waals surface area contributed by atoms with Crippen LogP contribution in [-0.4, -0.2) is 28.2 Å². The molecule has 0 aromatic carbocycles. The molecule has 0 bridgehead atoms. The van der Waals surface area contributed by atoms with E-state index in [2.05, 4.69) is 5.32 Å². The van der Waals surface area contributed by atoms with Crippen LogP contribution in [0.4, 0.5) is 13.2 Å². The highest BCUT2D eigenvalue weighted by molar-refractivity contribution is 5.76. The van der Waals surface area contributed by atoms with Crippen molar-refractivity contribution in [3.8, 4) is 0 Å². The molecule has 1 heterocycles. The van der Waals surface area contributed by atoms with Crippen LogP contribution in [0, 0.1) is 5.92 Å². The van der Waals surface area contributed by atoms with Gasteiger partial charge in [-0.1, -0.05) is 0 Å². The van der Waals surface area contributed by atoms with Gasteiger partial charge in [0.2, 0.25) is 5.91 Å². The zero-order valence-corrected chi connectivity index (χ0v) is 11.8. The molecule has 22 heavy (non-hydrogen) atoms. The third-order valence-corrected chi connectivity index (χ3v) is 3.60. The van der Waals surface area contributed by atoms with E-state index in [1.807, 2.05) is 0 Å². The second-order valence-corrected chi connectivity index (χ2v) is 5.41. The van der Waals surface area contributed by atoms with Crippen LogP contribution < -0.4 is 10.9 Å². The third kappa shape index (κ3) is 4.33. The minimum atomic E-state index is -4.57. The molecule has 1 aromatic rings. The topological polar surface area (TPSA) is 71.3 Å². The highest BCUT2D eigenvalue weighted by Crippen LogP contribution is 2.33. The Balaban J connectivity index is 2.06. The largest absolute Gasteiger partial charge is 0.417 e. The third-order valence-electron chi connectivity index (χ3n) is 3.60. The van der Waals surface area contributed by atoms with Crippen LogP contribution in [-0.2, 0) is 17.5 Å². The van der Waals surface area contributed by atoms with Gasteiger partial charge in [-0.05, 0) is 31.2 Å². The number of aliphatic hydroxyl groups is 1. The van der Waals surface area contributed by atoms with Gasteiger partial charge in [-0.15, -0.1) is 0 Å². The van der Waals surface area contributed by atoms with Gasteiger partial charge in [-0.2, -0.15) is 13.2 Å². The highest BCUT2D eigenvalue weighted by Gasteiger charge is 2.33. The summed E-state index contributed by atoms with van der Waals surface area (Å²) in [5, 5.41) is 11.6. The average molecular weight is 318 g/mol. The maximum Gasteiger partial charge on any atom is 0.417 e. The number of pyridine rings is 1. The number of amides is 1. The minimum Gasteiger partial charge on any atom is -0.396 e. The van der Waals surface area contributed by atoms with Crippen molar-refractivity contribution in [2.75, 3.05) is 6.61 Å². The molecule has 8 heteroatoms. The molecule has 0 spiro atoms. The van der Waals surface area contributed by atoms with Crippen LogP contribution in [0.2, 0.25) is 0 Å². The molecule has 1 amide bonds. The second-order valence-electron chi connectivity index (χ2n) is 5.41.